The van der Waals surface area contributed by atoms with Crippen molar-refractivity contribution in [2.24, 2.45) is 50.2 Å². The van der Waals surface area contributed by atoms with E-state index >= 15 is 4.79 Å². The maximum atomic E-state index is 15.4. The zero-order chi connectivity index (χ0) is 57.0. The first-order valence-electron chi connectivity index (χ1n) is 27.6. The topological polar surface area (TPSA) is 411 Å². The summed E-state index contributed by atoms with van der Waals surface area (Å²) in [7, 11) is 0. The second-order valence-corrected chi connectivity index (χ2v) is 25.4. The first-order valence-corrected chi connectivity index (χ1v) is 27.6. The molecule has 0 radical (unpaired) electrons. The maximum absolute atomic E-state index is 15.4. The number of carbonyl (C=O) groups excluding carboxylic acids is 1. The Morgan fingerprint density at radius 3 is 1.81 bits per heavy atom. The van der Waals surface area contributed by atoms with Gasteiger partial charge in [0.15, 0.2) is 18.9 Å². The third kappa shape index (κ3) is 9.62. The molecular weight excluding hydrogens is 1040 g/mol. The van der Waals surface area contributed by atoms with Crippen LogP contribution in [0, 0.1) is 50.2 Å². The Morgan fingerprint density at radius 2 is 1.21 bits per heavy atom. The molecule has 0 bridgehead atoms. The lowest BCUT2D eigenvalue weighted by molar-refractivity contribution is -0.361. The van der Waals surface area contributed by atoms with Crippen LogP contribution in [-0.2, 0) is 47.5 Å². The van der Waals surface area contributed by atoms with Crippen molar-refractivity contribution in [2.45, 2.75) is 222 Å². The molecule has 15 N–H and O–H groups in total. The Balaban J connectivity index is 0.998. The van der Waals surface area contributed by atoms with Crippen molar-refractivity contribution in [3.8, 4) is 0 Å². The Hall–Kier alpha value is -2.16. The van der Waals surface area contributed by atoms with Gasteiger partial charge in [0.05, 0.1) is 43.4 Å². The third-order valence-electron chi connectivity index (χ3n) is 21.4. The standard InChI is InChI=1S/C53H84O25/c1-48(21-56)12-14-53(47(70)78-45-40(67)41(77-44-39(66)36(63)33(60)26(18-55)74-44)34(61)27(75-45)20-72-42-37(64)31(58)24(57)19-71-42)15-13-50(3)22(23(53)16-48)6-7-28-49(2)10-9-30(52(5,46(68)69)29(49)8-11-51(28,50)4)76-43-38(65)35(62)32(59)25(17-54)73-43/h6,23-45,54-67H,7-21H2,1-5H3,(H,68,69). The summed E-state index contributed by atoms with van der Waals surface area (Å²) in [6.07, 6.45) is -27.2. The number of carboxylic acid groups (broad SMARTS) is 1. The van der Waals surface area contributed by atoms with Gasteiger partial charge in [-0.25, -0.2) is 0 Å². The van der Waals surface area contributed by atoms with Gasteiger partial charge in [-0.3, -0.25) is 9.59 Å². The quantitative estimate of drug-likeness (QED) is 0.0486. The molecule has 4 aliphatic heterocycles. The van der Waals surface area contributed by atoms with Gasteiger partial charge in [0, 0.05) is 6.61 Å². The molecule has 4 saturated carbocycles. The highest BCUT2D eigenvalue weighted by atomic mass is 16.8. The fourth-order valence-corrected chi connectivity index (χ4v) is 16.1. The van der Waals surface area contributed by atoms with Crippen LogP contribution in [0.25, 0.3) is 0 Å². The minimum Gasteiger partial charge on any atom is -0.481 e. The molecule has 29 unspecified atom stereocenters. The van der Waals surface area contributed by atoms with E-state index in [2.05, 4.69) is 26.8 Å². The third-order valence-corrected chi connectivity index (χ3v) is 21.4. The van der Waals surface area contributed by atoms with Crippen molar-refractivity contribution in [1.82, 2.24) is 0 Å². The molecule has 0 aromatic heterocycles. The lowest BCUT2D eigenvalue weighted by Crippen LogP contribution is -2.68. The Labute approximate surface area is 451 Å². The number of hydrogen-bond acceptors (Lipinski definition) is 24. The van der Waals surface area contributed by atoms with E-state index in [1.165, 1.54) is 0 Å². The van der Waals surface area contributed by atoms with E-state index in [9.17, 15) is 81.4 Å². The van der Waals surface area contributed by atoms with Crippen molar-refractivity contribution in [3.63, 3.8) is 0 Å². The Kier molecular flexibility index (Phi) is 17.1. The summed E-state index contributed by atoms with van der Waals surface area (Å²) in [4.78, 5) is 29.1. The molecule has 0 amide bonds. The van der Waals surface area contributed by atoms with Crippen LogP contribution in [-0.4, -0.2) is 244 Å². The predicted molar refractivity (Wildman–Crippen MR) is 260 cm³/mol. The molecule has 4 saturated heterocycles. The van der Waals surface area contributed by atoms with Crippen LogP contribution >= 0.6 is 0 Å². The summed E-state index contributed by atoms with van der Waals surface area (Å²) < 4.78 is 46.9. The van der Waals surface area contributed by atoms with Crippen LogP contribution in [0.15, 0.2) is 11.6 Å². The van der Waals surface area contributed by atoms with E-state index < -0.39 is 206 Å². The van der Waals surface area contributed by atoms with Crippen LogP contribution in [0.5, 0.6) is 0 Å². The highest BCUT2D eigenvalue weighted by molar-refractivity contribution is 5.79. The summed E-state index contributed by atoms with van der Waals surface area (Å²) in [6.45, 7) is 7.42. The van der Waals surface area contributed by atoms with Gasteiger partial charge in [0.1, 0.15) is 91.6 Å². The smallest absolute Gasteiger partial charge is 0.315 e. The number of rotatable bonds is 13. The monoisotopic (exact) mass is 1120 g/mol. The largest absolute Gasteiger partial charge is 0.481 e. The summed E-state index contributed by atoms with van der Waals surface area (Å²) in [5, 5.41) is 160. The number of carboxylic acids is 1. The molecule has 29 atom stereocenters. The molecule has 446 valence electrons. The fraction of sp³-hybridized carbons (Fsp3) is 0.925. The van der Waals surface area contributed by atoms with Crippen molar-refractivity contribution in [2.75, 3.05) is 33.0 Å². The SMILES string of the molecule is CC1(CO)CCC2(C(=O)OC3OC(COC4OCC(O)C(O)C4O)C(O)C(OC4OC(CO)C(O)C(O)C4O)C3O)CCC3(C)C(=CCC4C5(C)CCC(OC6OC(CO)C(O)C(O)C6O)C(C)(C(=O)O)C5CCC43C)C2C1. The molecular formula is C53H84O25. The van der Waals surface area contributed by atoms with Crippen LogP contribution in [0.1, 0.15) is 98.8 Å². The van der Waals surface area contributed by atoms with Crippen LogP contribution in [0.3, 0.4) is 0 Å². The molecule has 4 heterocycles. The number of allylic oxidation sites excluding steroid dienone is 2. The molecule has 0 aromatic carbocycles. The Morgan fingerprint density at radius 1 is 0.615 bits per heavy atom. The van der Waals surface area contributed by atoms with E-state index in [1.54, 1.807) is 6.92 Å². The van der Waals surface area contributed by atoms with E-state index in [4.69, 9.17) is 37.9 Å². The molecule has 9 rings (SSSR count). The molecule has 9 aliphatic rings. The highest BCUT2D eigenvalue weighted by Crippen LogP contribution is 2.76. The van der Waals surface area contributed by atoms with Gasteiger partial charge in [0.25, 0.3) is 0 Å². The molecule has 25 heteroatoms. The van der Waals surface area contributed by atoms with Crippen molar-refractivity contribution in [3.05, 3.63) is 11.6 Å². The summed E-state index contributed by atoms with van der Waals surface area (Å²) >= 11 is 0. The number of hydrogen-bond donors (Lipinski definition) is 15. The van der Waals surface area contributed by atoms with Gasteiger partial charge in [0.2, 0.25) is 6.29 Å². The number of esters is 1. The van der Waals surface area contributed by atoms with Crippen molar-refractivity contribution < 1.29 is 124 Å². The summed E-state index contributed by atoms with van der Waals surface area (Å²) in [6, 6.07) is 0. The van der Waals surface area contributed by atoms with Gasteiger partial charge >= 0.3 is 11.9 Å². The minimum atomic E-state index is -2.03. The van der Waals surface area contributed by atoms with Crippen molar-refractivity contribution >= 4 is 11.9 Å². The molecule has 8 fully saturated rings. The number of aliphatic hydroxyl groups is 14. The van der Waals surface area contributed by atoms with Crippen molar-refractivity contribution in [1.29, 1.82) is 0 Å². The number of aliphatic carboxylic acids is 1. The van der Waals surface area contributed by atoms with Gasteiger partial charge in [-0.05, 0) is 111 Å². The van der Waals surface area contributed by atoms with Crippen LogP contribution in [0.2, 0.25) is 0 Å². The average Bonchev–Trinajstić information content (AvgIpc) is 2.21. The summed E-state index contributed by atoms with van der Waals surface area (Å²) in [5.74, 6) is -2.92. The van der Waals surface area contributed by atoms with Crippen LogP contribution < -0.4 is 0 Å². The van der Waals surface area contributed by atoms with E-state index in [0.717, 1.165) is 5.57 Å². The molecule has 78 heavy (non-hydrogen) atoms. The highest BCUT2D eigenvalue weighted by Gasteiger charge is 2.72. The second-order valence-electron chi connectivity index (χ2n) is 25.4. The zero-order valence-electron chi connectivity index (χ0n) is 44.8. The van der Waals surface area contributed by atoms with Gasteiger partial charge < -0.3 is 114 Å². The van der Waals surface area contributed by atoms with Crippen LogP contribution in [0.4, 0.5) is 0 Å². The zero-order valence-corrected chi connectivity index (χ0v) is 44.8. The minimum absolute atomic E-state index is 0.0814. The Bertz CT molecular complexity index is 2190. The maximum Gasteiger partial charge on any atom is 0.315 e. The normalized spacial score (nSPS) is 54.3. The lowest BCUT2D eigenvalue weighted by atomic mass is 9.33. The lowest BCUT2D eigenvalue weighted by Gasteiger charge is -2.71. The predicted octanol–water partition coefficient (Wildman–Crippen LogP) is -3.36. The average molecular weight is 1120 g/mol. The molecule has 25 nitrogen and oxygen atoms in total. The number of ether oxygens (including phenoxy) is 8. The fourth-order valence-electron chi connectivity index (χ4n) is 16.1. The summed E-state index contributed by atoms with van der Waals surface area (Å²) in [5.41, 5.74) is -4.05. The number of carbonyl (C=O) groups is 2. The molecule has 0 spiro atoms. The second kappa shape index (κ2) is 22.1. The van der Waals surface area contributed by atoms with E-state index in [1.807, 2.05) is 6.92 Å². The van der Waals surface area contributed by atoms with Gasteiger partial charge in [-0.2, -0.15) is 0 Å². The van der Waals surface area contributed by atoms with Gasteiger partial charge in [-0.15, -0.1) is 0 Å². The van der Waals surface area contributed by atoms with E-state index in [-0.39, 0.29) is 31.8 Å². The first-order chi connectivity index (χ1) is 36.6. The molecule has 5 aliphatic carbocycles. The van der Waals surface area contributed by atoms with Gasteiger partial charge in [-0.1, -0.05) is 39.3 Å². The first kappa shape index (κ1) is 60.4. The van der Waals surface area contributed by atoms with E-state index in [0.29, 0.717) is 44.9 Å². The number of fused-ring (bicyclic) bond motifs is 7. The number of aliphatic hydroxyl groups excluding tert-OH is 14. The molecule has 0 aromatic rings.